The number of carbonyl (C=O) groups excluding carboxylic acids is 1. The maximum atomic E-state index is 12.5. The van der Waals surface area contributed by atoms with Crippen molar-refractivity contribution < 1.29 is 17.9 Å². The van der Waals surface area contributed by atoms with Gasteiger partial charge in [-0.1, -0.05) is 13.8 Å². The number of sulfone groups is 1. The first-order valence-electron chi connectivity index (χ1n) is 7.98. The maximum Gasteiger partial charge on any atom is 0.270 e. The zero-order chi connectivity index (χ0) is 17.5. The Morgan fingerprint density at radius 3 is 2.67 bits per heavy atom. The predicted octanol–water partition coefficient (Wildman–Crippen LogP) is 2.07. The van der Waals surface area contributed by atoms with Gasteiger partial charge in [0.15, 0.2) is 9.84 Å². The highest BCUT2D eigenvalue weighted by Crippen LogP contribution is 2.25. The monoisotopic (exact) mass is 350 g/mol. The molecule has 0 atom stereocenters. The van der Waals surface area contributed by atoms with Crippen LogP contribution in [0.1, 0.15) is 24.3 Å². The van der Waals surface area contributed by atoms with E-state index in [9.17, 15) is 13.2 Å². The molecule has 0 spiro atoms. The fourth-order valence-electron chi connectivity index (χ4n) is 2.95. The number of hydrogen-bond donors (Lipinski definition) is 1. The molecule has 0 saturated carbocycles. The summed E-state index contributed by atoms with van der Waals surface area (Å²) in [6, 6.07) is 7.33. The number of H-pyrrole nitrogens is 1. The van der Waals surface area contributed by atoms with Crippen molar-refractivity contribution in [2.75, 3.05) is 26.0 Å². The Labute approximate surface area is 141 Å². The van der Waals surface area contributed by atoms with E-state index in [2.05, 4.69) is 4.98 Å². The first-order valence-corrected chi connectivity index (χ1v) is 9.69. The molecule has 0 unspecified atom stereocenters. The van der Waals surface area contributed by atoms with Crippen molar-refractivity contribution in [2.45, 2.75) is 19.1 Å². The molecule has 0 radical (unpaired) electrons. The summed E-state index contributed by atoms with van der Waals surface area (Å²) in [7, 11) is -1.53. The summed E-state index contributed by atoms with van der Waals surface area (Å²) in [4.78, 5) is 17.2. The third-order valence-corrected chi connectivity index (χ3v) is 6.71. The molecular formula is C17H22N2O4S. The molecule has 1 amide bonds. The van der Waals surface area contributed by atoms with Gasteiger partial charge in [0.2, 0.25) is 0 Å². The summed E-state index contributed by atoms with van der Waals surface area (Å²) in [6.07, 6.45) is 0. The molecule has 0 bridgehead atoms. The van der Waals surface area contributed by atoms with Gasteiger partial charge in [0.25, 0.3) is 5.91 Å². The van der Waals surface area contributed by atoms with Crippen LogP contribution in [0.4, 0.5) is 0 Å². The first-order chi connectivity index (χ1) is 11.3. The second-order valence-electron chi connectivity index (χ2n) is 6.69. The van der Waals surface area contributed by atoms with E-state index in [1.165, 1.54) is 0 Å². The van der Waals surface area contributed by atoms with Crippen LogP contribution in [0.5, 0.6) is 5.75 Å². The van der Waals surface area contributed by atoms with Crippen molar-refractivity contribution in [2.24, 2.45) is 5.92 Å². The van der Waals surface area contributed by atoms with Gasteiger partial charge in [-0.15, -0.1) is 0 Å². The second kappa shape index (κ2) is 6.12. The van der Waals surface area contributed by atoms with Crippen LogP contribution in [0.3, 0.4) is 0 Å². The van der Waals surface area contributed by atoms with Gasteiger partial charge in [0, 0.05) is 30.1 Å². The SMILES string of the molecule is COc1ccc2cc(C(=O)N3CC(S(=O)(=O)CC(C)C)C3)[nH]c2c1. The minimum Gasteiger partial charge on any atom is -0.497 e. The molecule has 1 saturated heterocycles. The Kier molecular flexibility index (Phi) is 4.29. The zero-order valence-electron chi connectivity index (χ0n) is 14.1. The van der Waals surface area contributed by atoms with Crippen molar-refractivity contribution in [1.29, 1.82) is 0 Å². The lowest BCUT2D eigenvalue weighted by Crippen LogP contribution is -2.57. The predicted molar refractivity (Wildman–Crippen MR) is 93.2 cm³/mol. The molecule has 3 rings (SSSR count). The van der Waals surface area contributed by atoms with Gasteiger partial charge in [0.1, 0.15) is 11.4 Å². The molecule has 1 aliphatic heterocycles. The van der Waals surface area contributed by atoms with Crippen LogP contribution in [0.15, 0.2) is 24.3 Å². The smallest absolute Gasteiger partial charge is 0.270 e. The van der Waals surface area contributed by atoms with Crippen LogP contribution < -0.4 is 4.74 Å². The lowest BCUT2D eigenvalue weighted by molar-refractivity contribution is 0.0653. The Balaban J connectivity index is 1.70. The molecule has 1 aliphatic rings. The van der Waals surface area contributed by atoms with Crippen molar-refractivity contribution in [3.63, 3.8) is 0 Å². The Bertz CT molecular complexity index is 864. The molecule has 1 aromatic heterocycles. The van der Waals surface area contributed by atoms with E-state index in [0.29, 0.717) is 11.4 Å². The van der Waals surface area contributed by atoms with Crippen LogP contribution in [0, 0.1) is 5.92 Å². The first kappa shape index (κ1) is 16.8. The largest absolute Gasteiger partial charge is 0.497 e. The summed E-state index contributed by atoms with van der Waals surface area (Å²) >= 11 is 0. The van der Waals surface area contributed by atoms with E-state index in [1.54, 1.807) is 18.1 Å². The number of aromatic nitrogens is 1. The molecule has 6 nitrogen and oxygen atoms in total. The number of carbonyl (C=O) groups is 1. The van der Waals surface area contributed by atoms with E-state index in [0.717, 1.165) is 10.9 Å². The van der Waals surface area contributed by atoms with Crippen molar-refractivity contribution in [3.8, 4) is 5.75 Å². The standard InChI is InChI=1S/C17H22N2O4S/c1-11(2)10-24(21,22)14-8-19(9-14)17(20)16-6-12-4-5-13(23-3)7-15(12)18-16/h4-7,11,14,18H,8-10H2,1-3H3. The van der Waals surface area contributed by atoms with Crippen molar-refractivity contribution in [3.05, 3.63) is 30.0 Å². The molecule has 1 aromatic carbocycles. The molecule has 1 N–H and O–H groups in total. The van der Waals surface area contributed by atoms with Crippen LogP contribution in [0.2, 0.25) is 0 Å². The van der Waals surface area contributed by atoms with Gasteiger partial charge in [-0.25, -0.2) is 8.42 Å². The zero-order valence-corrected chi connectivity index (χ0v) is 14.9. The Morgan fingerprint density at radius 2 is 2.04 bits per heavy atom. The van der Waals surface area contributed by atoms with E-state index in [4.69, 9.17) is 4.74 Å². The lowest BCUT2D eigenvalue weighted by atomic mass is 10.2. The van der Waals surface area contributed by atoms with Crippen molar-refractivity contribution >= 4 is 26.6 Å². The number of methoxy groups -OCH3 is 1. The van der Waals surface area contributed by atoms with E-state index in [1.807, 2.05) is 32.0 Å². The molecule has 0 aliphatic carbocycles. The average molecular weight is 350 g/mol. The van der Waals surface area contributed by atoms with E-state index < -0.39 is 15.1 Å². The van der Waals surface area contributed by atoms with E-state index in [-0.39, 0.29) is 30.7 Å². The molecule has 2 aromatic rings. The Hall–Kier alpha value is -2.02. The van der Waals surface area contributed by atoms with Crippen molar-refractivity contribution in [1.82, 2.24) is 9.88 Å². The lowest BCUT2D eigenvalue weighted by Gasteiger charge is -2.38. The second-order valence-corrected chi connectivity index (χ2v) is 9.02. The number of hydrogen-bond acceptors (Lipinski definition) is 4. The quantitative estimate of drug-likeness (QED) is 0.895. The molecule has 24 heavy (non-hydrogen) atoms. The molecule has 7 heteroatoms. The summed E-state index contributed by atoms with van der Waals surface area (Å²) in [5.41, 5.74) is 1.29. The summed E-state index contributed by atoms with van der Waals surface area (Å²) in [6.45, 7) is 4.31. The highest BCUT2D eigenvalue weighted by atomic mass is 32.2. The van der Waals surface area contributed by atoms with Gasteiger partial charge in [-0.2, -0.15) is 0 Å². The number of nitrogens with one attached hydrogen (secondary N) is 1. The number of ether oxygens (including phenoxy) is 1. The number of nitrogens with zero attached hydrogens (tertiary/aromatic N) is 1. The van der Waals surface area contributed by atoms with Crippen LogP contribution in [-0.4, -0.2) is 55.4 Å². The molecular weight excluding hydrogens is 328 g/mol. The average Bonchev–Trinajstić information content (AvgIpc) is 2.86. The Morgan fingerprint density at radius 1 is 1.33 bits per heavy atom. The molecule has 1 fully saturated rings. The van der Waals surface area contributed by atoms with Gasteiger partial charge < -0.3 is 14.6 Å². The maximum absolute atomic E-state index is 12.5. The summed E-state index contributed by atoms with van der Waals surface area (Å²) in [5.74, 6) is 0.822. The third kappa shape index (κ3) is 3.13. The van der Waals surface area contributed by atoms with Gasteiger partial charge >= 0.3 is 0 Å². The van der Waals surface area contributed by atoms with Crippen LogP contribution >= 0.6 is 0 Å². The van der Waals surface area contributed by atoms with Gasteiger partial charge in [0.05, 0.1) is 18.1 Å². The summed E-state index contributed by atoms with van der Waals surface area (Å²) in [5, 5.41) is 0.483. The van der Waals surface area contributed by atoms with Gasteiger partial charge in [-0.3, -0.25) is 4.79 Å². The normalized spacial score (nSPS) is 15.8. The molecule has 130 valence electrons. The highest BCUT2D eigenvalue weighted by Gasteiger charge is 2.40. The summed E-state index contributed by atoms with van der Waals surface area (Å²) < 4.78 is 29.5. The number of aromatic amines is 1. The van der Waals surface area contributed by atoms with Crippen LogP contribution in [-0.2, 0) is 9.84 Å². The van der Waals surface area contributed by atoms with Crippen LogP contribution in [0.25, 0.3) is 10.9 Å². The molecule has 2 heterocycles. The number of fused-ring (bicyclic) bond motifs is 1. The van der Waals surface area contributed by atoms with Gasteiger partial charge in [-0.05, 0) is 24.1 Å². The third-order valence-electron chi connectivity index (χ3n) is 4.27. The number of amides is 1. The topological polar surface area (TPSA) is 79.5 Å². The van der Waals surface area contributed by atoms with E-state index >= 15 is 0 Å². The highest BCUT2D eigenvalue weighted by molar-refractivity contribution is 7.92. The minimum absolute atomic E-state index is 0.100. The fraction of sp³-hybridized carbons (Fsp3) is 0.471. The minimum atomic E-state index is -3.13. The number of rotatable bonds is 5. The fourth-order valence-corrected chi connectivity index (χ4v) is 4.97. The number of benzene rings is 1. The number of likely N-dealkylation sites (tertiary alicyclic amines) is 1.